The summed E-state index contributed by atoms with van der Waals surface area (Å²) in [5.41, 5.74) is 4.98. The number of rotatable bonds is 3. The van der Waals surface area contributed by atoms with Crippen LogP contribution in [0.1, 0.15) is 0 Å². The van der Waals surface area contributed by atoms with Gasteiger partial charge in [0.1, 0.15) is 0 Å². The van der Waals surface area contributed by atoms with E-state index in [9.17, 15) is 4.57 Å². The highest BCUT2D eigenvalue weighted by molar-refractivity contribution is 7.52. The molecule has 0 saturated carbocycles. The second-order valence-corrected chi connectivity index (χ2v) is 3.42. The molecule has 1 atom stereocenters. The minimum atomic E-state index is -3.30. The fourth-order valence-corrected chi connectivity index (χ4v) is 0.763. The quantitative estimate of drug-likeness (QED) is 0.530. The summed E-state index contributed by atoms with van der Waals surface area (Å²) in [5.74, 6) is 0. The number of hydrogen-bond acceptors (Lipinski definition) is 3. The maximum Gasteiger partial charge on any atom is 0.329 e. The lowest BCUT2D eigenvalue weighted by molar-refractivity contribution is 0.316. The van der Waals surface area contributed by atoms with Gasteiger partial charge in [0.05, 0.1) is 6.16 Å². The van der Waals surface area contributed by atoms with E-state index in [4.69, 9.17) is 10.6 Å². The van der Waals surface area contributed by atoms with Gasteiger partial charge in [0.2, 0.25) is 0 Å². The van der Waals surface area contributed by atoms with Crippen LogP contribution in [0.3, 0.4) is 0 Å². The molecule has 0 aliphatic heterocycles. The van der Waals surface area contributed by atoms with E-state index in [1.807, 2.05) is 0 Å². The third kappa shape index (κ3) is 3.16. The molecule has 0 rings (SSSR count). The van der Waals surface area contributed by atoms with Crippen molar-refractivity contribution >= 4 is 7.60 Å². The molecule has 0 amide bonds. The van der Waals surface area contributed by atoms with Gasteiger partial charge in [-0.3, -0.25) is 4.57 Å². The second kappa shape index (κ2) is 3.20. The summed E-state index contributed by atoms with van der Waals surface area (Å²) < 4.78 is 14.6. The smallest absolute Gasteiger partial charge is 0.329 e. The molecule has 0 aliphatic rings. The first-order valence-corrected chi connectivity index (χ1v) is 3.96. The average molecular weight is 139 g/mol. The van der Waals surface area contributed by atoms with Crippen LogP contribution in [0.4, 0.5) is 0 Å². The van der Waals surface area contributed by atoms with Crippen LogP contribution in [0.2, 0.25) is 0 Å². The zero-order chi connectivity index (χ0) is 6.62. The molecule has 0 aromatic carbocycles. The first-order valence-electron chi connectivity index (χ1n) is 2.20. The van der Waals surface area contributed by atoms with Crippen LogP contribution in [0.5, 0.6) is 0 Å². The van der Waals surface area contributed by atoms with E-state index in [0.717, 1.165) is 0 Å². The largest absolute Gasteiger partial charge is 0.330 e. The molecule has 0 fully saturated rings. The molecule has 0 bridgehead atoms. The van der Waals surface area contributed by atoms with Crippen LogP contribution >= 0.6 is 7.60 Å². The van der Waals surface area contributed by atoms with Gasteiger partial charge in [0, 0.05) is 13.7 Å². The zero-order valence-corrected chi connectivity index (χ0v) is 5.60. The molecule has 50 valence electrons. The van der Waals surface area contributed by atoms with Gasteiger partial charge in [-0.1, -0.05) is 0 Å². The summed E-state index contributed by atoms with van der Waals surface area (Å²) in [4.78, 5) is 8.58. The fourth-order valence-electron chi connectivity index (χ4n) is 0.254. The van der Waals surface area contributed by atoms with Gasteiger partial charge in [-0.15, -0.1) is 0 Å². The minimum Gasteiger partial charge on any atom is -0.330 e. The molecule has 0 heterocycles. The molecule has 8 heavy (non-hydrogen) atoms. The fraction of sp³-hybridized carbons (Fsp3) is 1.00. The van der Waals surface area contributed by atoms with Crippen molar-refractivity contribution in [2.24, 2.45) is 5.73 Å². The van der Waals surface area contributed by atoms with E-state index >= 15 is 0 Å². The van der Waals surface area contributed by atoms with Crippen LogP contribution in [-0.2, 0) is 9.09 Å². The Hall–Kier alpha value is 0.110. The monoisotopic (exact) mass is 139 g/mol. The Labute approximate surface area is 48.2 Å². The molecule has 0 aromatic heterocycles. The Morgan fingerprint density at radius 1 is 1.88 bits per heavy atom. The highest BCUT2D eigenvalue weighted by atomic mass is 31.2. The molecular weight excluding hydrogens is 129 g/mol. The van der Waals surface area contributed by atoms with E-state index in [0.29, 0.717) is 0 Å². The predicted molar refractivity (Wildman–Crippen MR) is 30.8 cm³/mol. The topological polar surface area (TPSA) is 72.5 Å². The Balaban J connectivity index is 3.55. The van der Waals surface area contributed by atoms with Gasteiger partial charge in [0.25, 0.3) is 0 Å². The first kappa shape index (κ1) is 8.11. The lowest BCUT2D eigenvalue weighted by Crippen LogP contribution is -2.05. The lowest BCUT2D eigenvalue weighted by atomic mass is 10.8. The standard InChI is InChI=1S/C3H10NO3P/c1-7-8(5,6)3-2-4/h2-4H2,1H3,(H,5,6). The highest BCUT2D eigenvalue weighted by Crippen LogP contribution is 2.39. The molecule has 1 unspecified atom stereocenters. The molecule has 0 radical (unpaired) electrons. The predicted octanol–water partition coefficient (Wildman–Crippen LogP) is -0.223. The van der Waals surface area contributed by atoms with Gasteiger partial charge in [-0.2, -0.15) is 0 Å². The molecule has 0 spiro atoms. The molecule has 4 nitrogen and oxygen atoms in total. The summed E-state index contributed by atoms with van der Waals surface area (Å²) in [7, 11) is -2.11. The van der Waals surface area contributed by atoms with E-state index in [-0.39, 0.29) is 12.7 Å². The molecule has 0 saturated heterocycles. The molecular formula is C3H10NO3P. The normalized spacial score (nSPS) is 17.9. The van der Waals surface area contributed by atoms with E-state index in [1.165, 1.54) is 7.11 Å². The Bertz CT molecular complexity index is 105. The number of nitrogens with two attached hydrogens (primary N) is 1. The van der Waals surface area contributed by atoms with Crippen LogP contribution in [-0.4, -0.2) is 24.7 Å². The Kier molecular flexibility index (Phi) is 3.24. The maximum absolute atomic E-state index is 10.4. The lowest BCUT2D eigenvalue weighted by Gasteiger charge is -2.04. The van der Waals surface area contributed by atoms with E-state index < -0.39 is 7.60 Å². The Morgan fingerprint density at radius 3 is 2.50 bits per heavy atom. The Morgan fingerprint density at radius 2 is 2.38 bits per heavy atom. The minimum absolute atomic E-state index is 0.0312. The maximum atomic E-state index is 10.4. The van der Waals surface area contributed by atoms with Gasteiger partial charge < -0.3 is 15.2 Å². The van der Waals surface area contributed by atoms with Crippen molar-refractivity contribution in [3.05, 3.63) is 0 Å². The van der Waals surface area contributed by atoms with Crippen molar-refractivity contribution in [3.63, 3.8) is 0 Å². The van der Waals surface area contributed by atoms with Gasteiger partial charge in [-0.05, 0) is 0 Å². The van der Waals surface area contributed by atoms with E-state index in [1.54, 1.807) is 0 Å². The summed E-state index contributed by atoms with van der Waals surface area (Å²) in [6.45, 7) is 0.182. The van der Waals surface area contributed by atoms with Crippen molar-refractivity contribution in [3.8, 4) is 0 Å². The van der Waals surface area contributed by atoms with Gasteiger partial charge in [-0.25, -0.2) is 0 Å². The third-order valence-corrected chi connectivity index (χ3v) is 2.09. The number of hydrogen-bond donors (Lipinski definition) is 2. The van der Waals surface area contributed by atoms with Crippen LogP contribution in [0.15, 0.2) is 0 Å². The van der Waals surface area contributed by atoms with Crippen molar-refractivity contribution < 1.29 is 14.0 Å². The van der Waals surface area contributed by atoms with Gasteiger partial charge in [0.15, 0.2) is 0 Å². The first-order chi connectivity index (χ1) is 3.62. The summed E-state index contributed by atoms with van der Waals surface area (Å²) in [5, 5.41) is 0. The van der Waals surface area contributed by atoms with Crippen molar-refractivity contribution in [1.82, 2.24) is 0 Å². The summed E-state index contributed by atoms with van der Waals surface area (Å²) in [6, 6.07) is 0. The van der Waals surface area contributed by atoms with E-state index in [2.05, 4.69) is 4.52 Å². The van der Waals surface area contributed by atoms with Crippen molar-refractivity contribution in [2.75, 3.05) is 19.8 Å². The summed E-state index contributed by atoms with van der Waals surface area (Å²) in [6.07, 6.45) is 0.0312. The summed E-state index contributed by atoms with van der Waals surface area (Å²) >= 11 is 0. The molecule has 0 aliphatic carbocycles. The van der Waals surface area contributed by atoms with Crippen LogP contribution in [0.25, 0.3) is 0 Å². The average Bonchev–Trinajstić information content (AvgIpc) is 1.67. The zero-order valence-electron chi connectivity index (χ0n) is 4.70. The third-order valence-electron chi connectivity index (χ3n) is 0.697. The van der Waals surface area contributed by atoms with Gasteiger partial charge >= 0.3 is 7.60 Å². The van der Waals surface area contributed by atoms with Crippen molar-refractivity contribution in [1.29, 1.82) is 0 Å². The van der Waals surface area contributed by atoms with Crippen LogP contribution < -0.4 is 5.73 Å². The second-order valence-electron chi connectivity index (χ2n) is 1.33. The van der Waals surface area contributed by atoms with Crippen LogP contribution in [0, 0.1) is 0 Å². The molecule has 0 aromatic rings. The van der Waals surface area contributed by atoms with Crippen molar-refractivity contribution in [2.45, 2.75) is 0 Å². The highest BCUT2D eigenvalue weighted by Gasteiger charge is 2.13. The molecule has 5 heteroatoms. The molecule has 3 N–H and O–H groups in total. The SMILES string of the molecule is COP(=O)(O)CCN.